The largest absolute Gasteiger partial charge is 0.497 e. The van der Waals surface area contributed by atoms with Crippen molar-refractivity contribution in [2.45, 2.75) is 19.3 Å². The zero-order valence-corrected chi connectivity index (χ0v) is 12.8. The van der Waals surface area contributed by atoms with Crippen LogP contribution in [0.2, 0.25) is 0 Å². The molecule has 2 heterocycles. The Hall–Kier alpha value is -2.07. The van der Waals surface area contributed by atoms with Crippen molar-refractivity contribution in [2.24, 2.45) is 0 Å². The minimum Gasteiger partial charge on any atom is -0.497 e. The predicted octanol–water partition coefficient (Wildman–Crippen LogP) is 3.54. The molecule has 0 bridgehead atoms. The van der Waals surface area contributed by atoms with E-state index >= 15 is 0 Å². The van der Waals surface area contributed by atoms with Crippen molar-refractivity contribution in [3.63, 3.8) is 0 Å². The van der Waals surface area contributed by atoms with Gasteiger partial charge in [-0.2, -0.15) is 0 Å². The molecule has 3 aromatic rings. The van der Waals surface area contributed by atoms with Crippen LogP contribution in [0.4, 0.5) is 0 Å². The number of aryl methyl sites for hydroxylation is 1. The van der Waals surface area contributed by atoms with Gasteiger partial charge in [-0.25, -0.2) is 4.98 Å². The average Bonchev–Trinajstić information content (AvgIpc) is 2.86. The molecule has 5 heteroatoms. The van der Waals surface area contributed by atoms with E-state index in [1.54, 1.807) is 7.11 Å². The highest BCUT2D eigenvalue weighted by molar-refractivity contribution is 6.16. The molecule has 21 heavy (non-hydrogen) atoms. The van der Waals surface area contributed by atoms with Crippen molar-refractivity contribution in [3.8, 4) is 5.75 Å². The summed E-state index contributed by atoms with van der Waals surface area (Å²) in [6.45, 7) is 2.67. The fraction of sp³-hybridized carbons (Fsp3) is 0.250. The van der Waals surface area contributed by atoms with Gasteiger partial charge in [-0.1, -0.05) is 6.07 Å². The van der Waals surface area contributed by atoms with Gasteiger partial charge >= 0.3 is 0 Å². The number of ether oxygens (including phenoxy) is 1. The summed E-state index contributed by atoms with van der Waals surface area (Å²) < 4.78 is 7.41. The summed E-state index contributed by atoms with van der Waals surface area (Å²) in [6.07, 6.45) is 1.89. The molecule has 0 N–H and O–H groups in total. The van der Waals surface area contributed by atoms with E-state index < -0.39 is 0 Å². The maximum Gasteiger partial charge on any atom is 0.125 e. The molecule has 4 nitrogen and oxygen atoms in total. The topological polar surface area (TPSA) is 39.9 Å². The molecule has 0 saturated heterocycles. The third-order valence-corrected chi connectivity index (χ3v) is 3.71. The van der Waals surface area contributed by atoms with Crippen molar-refractivity contribution >= 4 is 22.6 Å². The third kappa shape index (κ3) is 2.72. The highest BCUT2D eigenvalue weighted by Gasteiger charge is 2.11. The number of rotatable bonds is 4. The molecule has 0 amide bonds. The fourth-order valence-electron chi connectivity index (χ4n) is 2.33. The van der Waals surface area contributed by atoms with E-state index in [1.807, 2.05) is 37.4 Å². The summed E-state index contributed by atoms with van der Waals surface area (Å²) in [5.41, 5.74) is 4.07. The van der Waals surface area contributed by atoms with E-state index in [2.05, 4.69) is 20.6 Å². The second-order valence-corrected chi connectivity index (χ2v) is 5.18. The first-order valence-electron chi connectivity index (χ1n) is 6.72. The average molecular weight is 302 g/mol. The molecule has 0 saturated carbocycles. The molecular formula is C16H16ClN3O. The first kappa shape index (κ1) is 13.9. The number of methoxy groups -OCH3 is 1. The molecule has 0 fully saturated rings. The number of pyridine rings is 1. The van der Waals surface area contributed by atoms with Crippen molar-refractivity contribution in [1.82, 2.24) is 14.5 Å². The number of alkyl halides is 1. The van der Waals surface area contributed by atoms with Crippen LogP contribution in [0, 0.1) is 6.92 Å². The van der Waals surface area contributed by atoms with Gasteiger partial charge < -0.3 is 9.30 Å². The maximum absolute atomic E-state index is 6.04. The molecule has 3 rings (SSSR count). The third-order valence-electron chi connectivity index (χ3n) is 3.47. The zero-order chi connectivity index (χ0) is 14.8. The number of hydrogen-bond acceptors (Lipinski definition) is 3. The summed E-state index contributed by atoms with van der Waals surface area (Å²) >= 11 is 6.04. The van der Waals surface area contributed by atoms with Crippen molar-refractivity contribution in [1.29, 1.82) is 0 Å². The highest BCUT2D eigenvalue weighted by atomic mass is 35.5. The quantitative estimate of drug-likeness (QED) is 0.692. The Kier molecular flexibility index (Phi) is 3.80. The number of hydrogen-bond donors (Lipinski definition) is 0. The summed E-state index contributed by atoms with van der Waals surface area (Å²) in [5, 5.41) is 0. The van der Waals surface area contributed by atoms with Gasteiger partial charge in [-0.05, 0) is 30.7 Å². The molecule has 0 aliphatic carbocycles. The van der Waals surface area contributed by atoms with Crippen LogP contribution in [0.3, 0.4) is 0 Å². The summed E-state index contributed by atoms with van der Waals surface area (Å²) in [5.74, 6) is 2.03. The smallest absolute Gasteiger partial charge is 0.125 e. The lowest BCUT2D eigenvalue weighted by Gasteiger charge is -2.08. The van der Waals surface area contributed by atoms with Gasteiger partial charge in [0.05, 0.1) is 30.6 Å². The van der Waals surface area contributed by atoms with E-state index in [1.165, 1.54) is 0 Å². The standard InChI is InChI=1S/C16H16ClN3O/c1-11-3-4-12(9-18-11)10-20-15-7-13(21-2)5-6-14(15)19-16(20)8-17/h3-7,9H,8,10H2,1-2H3. The molecule has 0 aliphatic rings. The molecular weight excluding hydrogens is 286 g/mol. The number of aromatic nitrogens is 3. The molecule has 1 aromatic carbocycles. The summed E-state index contributed by atoms with van der Waals surface area (Å²) in [7, 11) is 1.66. The molecule has 0 spiro atoms. The Balaban J connectivity index is 2.08. The first-order valence-corrected chi connectivity index (χ1v) is 7.25. The van der Waals surface area contributed by atoms with E-state index in [9.17, 15) is 0 Å². The molecule has 0 radical (unpaired) electrons. The second-order valence-electron chi connectivity index (χ2n) is 4.91. The van der Waals surface area contributed by atoms with Crippen LogP contribution in [-0.4, -0.2) is 21.6 Å². The number of fused-ring (bicyclic) bond motifs is 1. The lowest BCUT2D eigenvalue weighted by atomic mass is 10.2. The first-order chi connectivity index (χ1) is 10.2. The van der Waals surface area contributed by atoms with Crippen LogP contribution < -0.4 is 4.74 Å². The summed E-state index contributed by atoms with van der Waals surface area (Å²) in [4.78, 5) is 8.91. The van der Waals surface area contributed by atoms with E-state index in [0.717, 1.165) is 33.9 Å². The molecule has 0 aliphatic heterocycles. The van der Waals surface area contributed by atoms with Gasteiger partial charge in [0, 0.05) is 18.0 Å². The minimum atomic E-state index is 0.371. The van der Waals surface area contributed by atoms with Crippen LogP contribution in [0.1, 0.15) is 17.1 Å². The van der Waals surface area contributed by atoms with Gasteiger partial charge in [-0.15, -0.1) is 11.6 Å². The fourth-order valence-corrected chi connectivity index (χ4v) is 2.54. The minimum absolute atomic E-state index is 0.371. The van der Waals surface area contributed by atoms with Gasteiger partial charge in [0.2, 0.25) is 0 Å². The second kappa shape index (κ2) is 5.74. The number of imidazole rings is 1. The molecule has 0 atom stereocenters. The van der Waals surface area contributed by atoms with Crippen LogP contribution >= 0.6 is 11.6 Å². The highest BCUT2D eigenvalue weighted by Crippen LogP contribution is 2.23. The zero-order valence-electron chi connectivity index (χ0n) is 12.0. The number of halogens is 1. The Morgan fingerprint density at radius 2 is 2.10 bits per heavy atom. The van der Waals surface area contributed by atoms with Gasteiger partial charge in [-0.3, -0.25) is 4.98 Å². The molecule has 0 unspecified atom stereocenters. The van der Waals surface area contributed by atoms with Crippen LogP contribution in [-0.2, 0) is 12.4 Å². The lowest BCUT2D eigenvalue weighted by molar-refractivity contribution is 0.415. The van der Waals surface area contributed by atoms with Crippen LogP contribution in [0.15, 0.2) is 36.5 Å². The van der Waals surface area contributed by atoms with Gasteiger partial charge in [0.25, 0.3) is 0 Å². The maximum atomic E-state index is 6.04. The predicted molar refractivity (Wildman–Crippen MR) is 83.9 cm³/mol. The van der Waals surface area contributed by atoms with E-state index in [-0.39, 0.29) is 0 Å². The van der Waals surface area contributed by atoms with Crippen molar-refractivity contribution < 1.29 is 4.74 Å². The summed E-state index contributed by atoms with van der Waals surface area (Å²) in [6, 6.07) is 9.93. The van der Waals surface area contributed by atoms with E-state index in [0.29, 0.717) is 12.4 Å². The Morgan fingerprint density at radius 1 is 1.24 bits per heavy atom. The SMILES string of the molecule is COc1ccc2nc(CCl)n(Cc3ccc(C)nc3)c2c1. The Labute approximate surface area is 128 Å². The number of nitrogens with zero attached hydrogens (tertiary/aromatic N) is 3. The monoisotopic (exact) mass is 301 g/mol. The molecule has 108 valence electrons. The lowest BCUT2D eigenvalue weighted by Crippen LogP contribution is -2.04. The van der Waals surface area contributed by atoms with Crippen molar-refractivity contribution in [2.75, 3.05) is 7.11 Å². The van der Waals surface area contributed by atoms with E-state index in [4.69, 9.17) is 16.3 Å². The molecule has 2 aromatic heterocycles. The number of benzene rings is 1. The van der Waals surface area contributed by atoms with Crippen LogP contribution in [0.25, 0.3) is 11.0 Å². The van der Waals surface area contributed by atoms with Gasteiger partial charge in [0.1, 0.15) is 11.6 Å². The Bertz CT molecular complexity index is 765. The normalized spacial score (nSPS) is 11.0. The van der Waals surface area contributed by atoms with Gasteiger partial charge in [0.15, 0.2) is 0 Å². The Morgan fingerprint density at radius 3 is 2.76 bits per heavy atom. The van der Waals surface area contributed by atoms with Crippen molar-refractivity contribution in [3.05, 3.63) is 53.6 Å². The van der Waals surface area contributed by atoms with Crippen LogP contribution in [0.5, 0.6) is 5.75 Å².